The van der Waals surface area contributed by atoms with E-state index in [-0.39, 0.29) is 17.5 Å². The first kappa shape index (κ1) is 6.69. The molecule has 1 unspecified atom stereocenters. The second kappa shape index (κ2) is 2.44. The van der Waals surface area contributed by atoms with Crippen molar-refractivity contribution in [2.45, 2.75) is 13.0 Å². The minimum atomic E-state index is -0.0301. The number of aliphatic hydroxyl groups is 1. The fourth-order valence-electron chi connectivity index (χ4n) is 0.751. The molecule has 2 N–H and O–H groups in total. The zero-order valence-corrected chi connectivity index (χ0v) is 5.63. The van der Waals surface area contributed by atoms with E-state index in [4.69, 9.17) is 10.4 Å². The van der Waals surface area contributed by atoms with Crippen LogP contribution in [-0.4, -0.2) is 11.1 Å². The van der Waals surface area contributed by atoms with E-state index in [9.17, 15) is 0 Å². The monoisotopic (exact) mass is 136 g/mol. The summed E-state index contributed by atoms with van der Waals surface area (Å²) >= 11 is 0. The van der Waals surface area contributed by atoms with E-state index in [1.165, 1.54) is 0 Å². The quantitative estimate of drug-likeness (QED) is 0.518. The number of hydrogen-bond donors (Lipinski definition) is 2. The van der Waals surface area contributed by atoms with Gasteiger partial charge in [-0.05, 0) is 13.0 Å². The highest BCUT2D eigenvalue weighted by Gasteiger charge is 2.08. The summed E-state index contributed by atoms with van der Waals surface area (Å²) in [7, 11) is 0. The average molecular weight is 136 g/mol. The van der Waals surface area contributed by atoms with Crippen LogP contribution in [0.5, 0.6) is 0 Å². The van der Waals surface area contributed by atoms with Crippen LogP contribution in [0.15, 0.2) is 23.6 Å². The van der Waals surface area contributed by atoms with Gasteiger partial charge in [0, 0.05) is 6.04 Å². The zero-order valence-electron chi connectivity index (χ0n) is 5.63. The molecule has 0 saturated carbocycles. The zero-order chi connectivity index (χ0) is 7.56. The van der Waals surface area contributed by atoms with Gasteiger partial charge in [0.15, 0.2) is 0 Å². The molecule has 0 fully saturated rings. The van der Waals surface area contributed by atoms with Crippen molar-refractivity contribution in [2.75, 3.05) is 0 Å². The molecule has 3 nitrogen and oxygen atoms in total. The van der Waals surface area contributed by atoms with E-state index < -0.39 is 0 Å². The Hall–Kier alpha value is -1.43. The van der Waals surface area contributed by atoms with E-state index >= 15 is 0 Å². The first-order valence-electron chi connectivity index (χ1n) is 3.02. The van der Waals surface area contributed by atoms with Crippen molar-refractivity contribution in [2.24, 2.45) is 0 Å². The molecule has 1 heterocycles. The molecule has 0 aromatic heterocycles. The normalized spacial score (nSPS) is 23.8. The summed E-state index contributed by atoms with van der Waals surface area (Å²) in [5.74, 6) is -0.0301. The number of hydrogen-bond acceptors (Lipinski definition) is 3. The number of dihydropyridines is 1. The second-order valence-corrected chi connectivity index (χ2v) is 2.17. The summed E-state index contributed by atoms with van der Waals surface area (Å²) < 4.78 is 0. The topological polar surface area (TPSA) is 56.0 Å². The van der Waals surface area contributed by atoms with E-state index in [1.54, 1.807) is 6.08 Å². The minimum absolute atomic E-state index is 0.0301. The largest absolute Gasteiger partial charge is 0.494 e. The molecule has 1 rings (SSSR count). The first-order chi connectivity index (χ1) is 4.74. The van der Waals surface area contributed by atoms with Gasteiger partial charge in [0.05, 0.1) is 0 Å². The lowest BCUT2D eigenvalue weighted by atomic mass is 10.1. The highest BCUT2D eigenvalue weighted by molar-refractivity contribution is 5.37. The Morgan fingerprint density at radius 1 is 1.80 bits per heavy atom. The molecule has 1 aliphatic heterocycles. The summed E-state index contributed by atoms with van der Waals surface area (Å²) in [5.41, 5.74) is 0.290. The molecule has 0 saturated heterocycles. The van der Waals surface area contributed by atoms with E-state index in [2.05, 4.69) is 5.32 Å². The Kier molecular flexibility index (Phi) is 1.63. The van der Waals surface area contributed by atoms with Gasteiger partial charge in [-0.25, -0.2) is 0 Å². The predicted molar refractivity (Wildman–Crippen MR) is 37.0 cm³/mol. The number of nitriles is 1. The summed E-state index contributed by atoms with van der Waals surface area (Å²) in [5, 5.41) is 20.1. The van der Waals surface area contributed by atoms with Crippen LogP contribution in [0.25, 0.3) is 0 Å². The molecule has 0 amide bonds. The van der Waals surface area contributed by atoms with Crippen LogP contribution >= 0.6 is 0 Å². The van der Waals surface area contributed by atoms with Gasteiger partial charge in [-0.3, -0.25) is 0 Å². The highest BCUT2D eigenvalue weighted by atomic mass is 16.3. The van der Waals surface area contributed by atoms with Crippen molar-refractivity contribution in [3.05, 3.63) is 23.6 Å². The van der Waals surface area contributed by atoms with Crippen LogP contribution in [-0.2, 0) is 0 Å². The number of allylic oxidation sites excluding steroid dienone is 2. The number of rotatable bonds is 0. The molecule has 0 spiro atoms. The number of aliphatic hydroxyl groups excluding tert-OH is 1. The molecular formula is C7H8N2O. The lowest BCUT2D eigenvalue weighted by molar-refractivity contribution is 0.350. The molecule has 3 heteroatoms. The SMILES string of the molecule is CC1C=CC(C#N)=C(O)N1. The summed E-state index contributed by atoms with van der Waals surface area (Å²) in [6.07, 6.45) is 3.43. The van der Waals surface area contributed by atoms with Gasteiger partial charge in [-0.2, -0.15) is 5.26 Å². The van der Waals surface area contributed by atoms with E-state index in [1.807, 2.05) is 19.1 Å². The van der Waals surface area contributed by atoms with Crippen molar-refractivity contribution in [1.29, 1.82) is 5.26 Å². The molecule has 1 aliphatic rings. The summed E-state index contributed by atoms with van der Waals surface area (Å²) in [4.78, 5) is 0. The van der Waals surface area contributed by atoms with Crippen LogP contribution in [0.1, 0.15) is 6.92 Å². The standard InChI is InChI=1S/C7H8N2O/c1-5-2-3-6(4-8)7(10)9-5/h2-3,5,9-10H,1H3. The second-order valence-electron chi connectivity index (χ2n) is 2.17. The fourth-order valence-corrected chi connectivity index (χ4v) is 0.751. The molecule has 52 valence electrons. The molecule has 10 heavy (non-hydrogen) atoms. The first-order valence-corrected chi connectivity index (χ1v) is 3.02. The third kappa shape index (κ3) is 1.11. The Labute approximate surface area is 59.3 Å². The molecule has 0 aromatic carbocycles. The van der Waals surface area contributed by atoms with Gasteiger partial charge in [0.2, 0.25) is 5.88 Å². The predicted octanol–water partition coefficient (Wildman–Crippen LogP) is 0.827. The molecule has 1 atom stereocenters. The summed E-state index contributed by atoms with van der Waals surface area (Å²) in [6.45, 7) is 1.89. The Morgan fingerprint density at radius 2 is 2.50 bits per heavy atom. The van der Waals surface area contributed by atoms with Crippen molar-refractivity contribution in [3.8, 4) is 6.07 Å². The number of nitrogens with zero attached hydrogens (tertiary/aromatic N) is 1. The van der Waals surface area contributed by atoms with Gasteiger partial charge in [0.25, 0.3) is 0 Å². The fraction of sp³-hybridized carbons (Fsp3) is 0.286. The summed E-state index contributed by atoms with van der Waals surface area (Å²) in [6, 6.07) is 1.96. The Balaban J connectivity index is 2.86. The molecule has 0 bridgehead atoms. The smallest absolute Gasteiger partial charge is 0.203 e. The van der Waals surface area contributed by atoms with Crippen LogP contribution in [0.3, 0.4) is 0 Å². The van der Waals surface area contributed by atoms with Crippen LogP contribution in [0.2, 0.25) is 0 Å². The van der Waals surface area contributed by atoms with Gasteiger partial charge in [0.1, 0.15) is 11.6 Å². The van der Waals surface area contributed by atoms with Crippen molar-refractivity contribution in [1.82, 2.24) is 5.32 Å². The van der Waals surface area contributed by atoms with Gasteiger partial charge < -0.3 is 10.4 Å². The Bertz CT molecular complexity index is 234. The van der Waals surface area contributed by atoms with Crippen molar-refractivity contribution < 1.29 is 5.11 Å². The van der Waals surface area contributed by atoms with Gasteiger partial charge in [-0.1, -0.05) is 6.08 Å². The highest BCUT2D eigenvalue weighted by Crippen LogP contribution is 2.06. The van der Waals surface area contributed by atoms with E-state index in [0.717, 1.165) is 0 Å². The lowest BCUT2D eigenvalue weighted by Crippen LogP contribution is -2.26. The van der Waals surface area contributed by atoms with E-state index in [0.29, 0.717) is 0 Å². The van der Waals surface area contributed by atoms with Crippen molar-refractivity contribution in [3.63, 3.8) is 0 Å². The van der Waals surface area contributed by atoms with Gasteiger partial charge in [-0.15, -0.1) is 0 Å². The third-order valence-corrected chi connectivity index (χ3v) is 1.29. The lowest BCUT2D eigenvalue weighted by Gasteiger charge is -2.14. The maximum absolute atomic E-state index is 9.03. The number of nitrogens with one attached hydrogen (secondary N) is 1. The average Bonchev–Trinajstić information content (AvgIpc) is 1.88. The van der Waals surface area contributed by atoms with Crippen LogP contribution in [0.4, 0.5) is 0 Å². The Morgan fingerprint density at radius 3 is 3.00 bits per heavy atom. The minimum Gasteiger partial charge on any atom is -0.494 e. The van der Waals surface area contributed by atoms with Gasteiger partial charge >= 0.3 is 0 Å². The van der Waals surface area contributed by atoms with Crippen LogP contribution in [0, 0.1) is 11.3 Å². The third-order valence-electron chi connectivity index (χ3n) is 1.29. The maximum Gasteiger partial charge on any atom is 0.203 e. The molecule has 0 aromatic rings. The van der Waals surface area contributed by atoms with Crippen molar-refractivity contribution >= 4 is 0 Å². The molecular weight excluding hydrogens is 128 g/mol. The maximum atomic E-state index is 9.03. The molecule has 0 radical (unpaired) electrons. The molecule has 0 aliphatic carbocycles. The van der Waals surface area contributed by atoms with Crippen LogP contribution < -0.4 is 5.32 Å².